The summed E-state index contributed by atoms with van der Waals surface area (Å²) in [7, 11) is 0. The van der Waals surface area contributed by atoms with Crippen LogP contribution in [0.5, 0.6) is 0 Å². The Balaban J connectivity index is 3.60. The van der Waals surface area contributed by atoms with Gasteiger partial charge in [0.25, 0.3) is 0 Å². The lowest BCUT2D eigenvalue weighted by Crippen LogP contribution is -2.32. The third-order valence-corrected chi connectivity index (χ3v) is 3.01. The van der Waals surface area contributed by atoms with Gasteiger partial charge in [-0.25, -0.2) is 0 Å². The Labute approximate surface area is 113 Å². The molecule has 0 aliphatic carbocycles. The van der Waals surface area contributed by atoms with Crippen molar-refractivity contribution >= 4 is 15.9 Å². The average Bonchev–Trinajstić information content (AvgIpc) is 2.25. The number of alkyl halides is 5. The van der Waals surface area contributed by atoms with Gasteiger partial charge >= 0.3 is 10.8 Å². The fourth-order valence-electron chi connectivity index (χ4n) is 1.41. The van der Waals surface area contributed by atoms with Gasteiger partial charge in [0.2, 0.25) is 0 Å². The highest BCUT2D eigenvalue weighted by Gasteiger charge is 2.51. The van der Waals surface area contributed by atoms with Crippen molar-refractivity contribution in [1.82, 2.24) is 0 Å². The number of unbranched alkanes of at least 4 members (excludes halogenated alkanes) is 6. The predicted octanol–water partition coefficient (Wildman–Crippen LogP) is 4.89. The Hall–Kier alpha value is -0.100. The van der Waals surface area contributed by atoms with Crippen molar-refractivity contribution in [3.05, 3.63) is 12.2 Å². The second-order valence-electron chi connectivity index (χ2n) is 4.16. The van der Waals surface area contributed by atoms with Gasteiger partial charge in [0.15, 0.2) is 0 Å². The third kappa shape index (κ3) is 8.08. The van der Waals surface area contributed by atoms with Crippen LogP contribution in [-0.2, 0) is 0 Å². The predicted molar refractivity (Wildman–Crippen MR) is 67.4 cm³/mol. The molecule has 0 aliphatic rings. The molecule has 0 saturated carbocycles. The molecule has 6 heteroatoms. The van der Waals surface area contributed by atoms with E-state index >= 15 is 0 Å². The molecule has 0 fully saturated rings. The molecule has 0 spiro atoms. The van der Waals surface area contributed by atoms with Gasteiger partial charge in [-0.05, 0) is 41.3 Å². The van der Waals surface area contributed by atoms with Crippen LogP contribution in [0.15, 0.2) is 12.2 Å². The molecule has 0 aromatic rings. The number of aliphatic hydroxyl groups excluding tert-OH is 1. The summed E-state index contributed by atoms with van der Waals surface area (Å²) in [5, 5.41) is 8.54. The monoisotopic (exact) mass is 334 g/mol. The maximum Gasteiger partial charge on any atom is 0.367 e. The molecule has 0 rings (SSSR count). The zero-order valence-electron chi connectivity index (χ0n) is 10.1. The van der Waals surface area contributed by atoms with Crippen molar-refractivity contribution in [2.75, 3.05) is 6.61 Å². The van der Waals surface area contributed by atoms with Gasteiger partial charge in [-0.3, -0.25) is 0 Å². The first-order valence-electron chi connectivity index (χ1n) is 6.04. The molecule has 1 nitrogen and oxygen atoms in total. The molecule has 0 aliphatic heterocycles. The summed E-state index contributed by atoms with van der Waals surface area (Å²) in [5.41, 5.74) is 0. The summed E-state index contributed by atoms with van der Waals surface area (Å²) in [6.45, 7) is 0.193. The molecule has 0 unspecified atom stereocenters. The number of allylic oxidation sites excluding steroid dienone is 2. The molecule has 0 bridgehead atoms. The molecular weight excluding hydrogens is 316 g/mol. The molecule has 0 saturated heterocycles. The SMILES string of the molecule is OCCCCCCCCC=CC(F)(F)C(F)(F)Br. The molecule has 1 N–H and O–H groups in total. The zero-order valence-corrected chi connectivity index (χ0v) is 11.7. The Morgan fingerprint density at radius 2 is 1.39 bits per heavy atom. The Morgan fingerprint density at radius 1 is 0.889 bits per heavy atom. The summed E-state index contributed by atoms with van der Waals surface area (Å²) in [6, 6.07) is 0. The molecule has 18 heavy (non-hydrogen) atoms. The second kappa shape index (κ2) is 8.91. The van der Waals surface area contributed by atoms with Crippen LogP contribution in [0.1, 0.15) is 44.9 Å². The first-order valence-corrected chi connectivity index (χ1v) is 6.83. The van der Waals surface area contributed by atoms with E-state index in [4.69, 9.17) is 5.11 Å². The minimum absolute atomic E-state index is 0.193. The second-order valence-corrected chi connectivity index (χ2v) is 5.15. The molecule has 0 aromatic carbocycles. The van der Waals surface area contributed by atoms with Crippen LogP contribution in [0.4, 0.5) is 17.6 Å². The van der Waals surface area contributed by atoms with Crippen LogP contribution >= 0.6 is 15.9 Å². The number of halogens is 5. The molecular formula is C12H19BrF4O. The van der Waals surface area contributed by atoms with Crippen molar-refractivity contribution in [2.24, 2.45) is 0 Å². The molecule has 0 heterocycles. The quantitative estimate of drug-likeness (QED) is 0.261. The normalized spacial score (nSPS) is 13.4. The van der Waals surface area contributed by atoms with Crippen LogP contribution in [0.3, 0.4) is 0 Å². The summed E-state index contributed by atoms with van der Waals surface area (Å²) < 4.78 is 50.2. The van der Waals surface area contributed by atoms with Crippen LogP contribution < -0.4 is 0 Å². The molecule has 0 atom stereocenters. The summed E-state index contributed by atoms with van der Waals surface area (Å²) in [4.78, 5) is -4.19. The Kier molecular flexibility index (Phi) is 8.86. The van der Waals surface area contributed by atoms with E-state index in [0.29, 0.717) is 12.8 Å². The van der Waals surface area contributed by atoms with E-state index in [0.717, 1.165) is 38.2 Å². The fraction of sp³-hybridized carbons (Fsp3) is 0.833. The van der Waals surface area contributed by atoms with Crippen molar-refractivity contribution in [3.8, 4) is 0 Å². The van der Waals surface area contributed by atoms with E-state index in [9.17, 15) is 17.6 Å². The van der Waals surface area contributed by atoms with E-state index in [1.165, 1.54) is 0 Å². The number of aliphatic hydroxyl groups is 1. The van der Waals surface area contributed by atoms with E-state index in [1.807, 2.05) is 0 Å². The molecule has 108 valence electrons. The van der Waals surface area contributed by atoms with Gasteiger partial charge < -0.3 is 5.11 Å². The van der Waals surface area contributed by atoms with E-state index < -0.39 is 10.8 Å². The molecule has 0 radical (unpaired) electrons. The largest absolute Gasteiger partial charge is 0.396 e. The lowest BCUT2D eigenvalue weighted by molar-refractivity contribution is -0.111. The number of rotatable bonds is 10. The highest BCUT2D eigenvalue weighted by molar-refractivity contribution is 9.10. The lowest BCUT2D eigenvalue weighted by Gasteiger charge is -2.17. The smallest absolute Gasteiger partial charge is 0.367 e. The van der Waals surface area contributed by atoms with Gasteiger partial charge in [-0.1, -0.05) is 31.8 Å². The van der Waals surface area contributed by atoms with Crippen molar-refractivity contribution < 1.29 is 22.7 Å². The highest BCUT2D eigenvalue weighted by atomic mass is 79.9. The summed E-state index contributed by atoms with van der Waals surface area (Å²) in [6.07, 6.45) is 7.03. The Bertz CT molecular complexity index is 239. The van der Waals surface area contributed by atoms with Gasteiger partial charge in [0.05, 0.1) is 0 Å². The number of hydrogen-bond donors (Lipinski definition) is 1. The van der Waals surface area contributed by atoms with Crippen LogP contribution in [0.25, 0.3) is 0 Å². The lowest BCUT2D eigenvalue weighted by atomic mass is 10.1. The average molecular weight is 335 g/mol. The minimum atomic E-state index is -4.19. The van der Waals surface area contributed by atoms with Crippen LogP contribution in [0, 0.1) is 0 Å². The topological polar surface area (TPSA) is 20.2 Å². The highest BCUT2D eigenvalue weighted by Crippen LogP contribution is 2.40. The van der Waals surface area contributed by atoms with Gasteiger partial charge in [0.1, 0.15) is 0 Å². The van der Waals surface area contributed by atoms with Crippen LogP contribution in [0.2, 0.25) is 0 Å². The summed E-state index contributed by atoms with van der Waals surface area (Å²) in [5.74, 6) is -4.14. The number of hydrogen-bond acceptors (Lipinski definition) is 1. The zero-order chi connectivity index (χ0) is 14.1. The van der Waals surface area contributed by atoms with Crippen molar-refractivity contribution in [3.63, 3.8) is 0 Å². The first-order chi connectivity index (χ1) is 8.31. The first kappa shape index (κ1) is 17.9. The standard InChI is InChI=1S/C12H19BrF4O/c13-12(16,17)11(14,15)9-7-5-3-1-2-4-6-8-10-18/h7,9,18H,1-6,8,10H2. The Morgan fingerprint density at radius 3 is 1.89 bits per heavy atom. The van der Waals surface area contributed by atoms with Crippen molar-refractivity contribution in [1.29, 1.82) is 0 Å². The molecule has 0 amide bonds. The maximum absolute atomic E-state index is 12.7. The minimum Gasteiger partial charge on any atom is -0.396 e. The fourth-order valence-corrected chi connectivity index (χ4v) is 1.54. The molecule has 0 aromatic heterocycles. The van der Waals surface area contributed by atoms with Gasteiger partial charge in [-0.2, -0.15) is 17.6 Å². The van der Waals surface area contributed by atoms with Gasteiger partial charge in [-0.15, -0.1) is 0 Å². The van der Waals surface area contributed by atoms with E-state index in [1.54, 1.807) is 15.9 Å². The maximum atomic E-state index is 12.7. The third-order valence-electron chi connectivity index (χ3n) is 2.48. The van der Waals surface area contributed by atoms with Crippen LogP contribution in [-0.4, -0.2) is 22.5 Å². The van der Waals surface area contributed by atoms with Crippen molar-refractivity contribution in [2.45, 2.75) is 55.7 Å². The summed E-state index contributed by atoms with van der Waals surface area (Å²) >= 11 is 1.66. The van der Waals surface area contributed by atoms with E-state index in [-0.39, 0.29) is 12.7 Å². The van der Waals surface area contributed by atoms with E-state index in [2.05, 4.69) is 0 Å². The van der Waals surface area contributed by atoms with Gasteiger partial charge in [0, 0.05) is 6.61 Å².